The molecule has 0 radical (unpaired) electrons. The first-order valence-electron chi connectivity index (χ1n) is 5.62. The largest absolute Gasteiger partial charge is 0.324 e. The molecule has 0 spiro atoms. The summed E-state index contributed by atoms with van der Waals surface area (Å²) in [5, 5.41) is 0.841. The molecule has 1 aliphatic rings. The number of hydrogen-bond donors (Lipinski definition) is 0. The van der Waals surface area contributed by atoms with E-state index in [9.17, 15) is 4.57 Å². The minimum atomic E-state index is -2.02. The van der Waals surface area contributed by atoms with Gasteiger partial charge in [0.15, 0.2) is 0 Å². The Bertz CT molecular complexity index is 318. The first-order chi connectivity index (χ1) is 7.36. The predicted octanol–water partition coefficient (Wildman–Crippen LogP) is 3.14. The van der Waals surface area contributed by atoms with Gasteiger partial charge < -0.3 is 4.52 Å². The number of benzene rings is 1. The number of hydrogen-bond acceptors (Lipinski definition) is 2. The van der Waals surface area contributed by atoms with E-state index in [-0.39, 0.29) is 6.10 Å². The summed E-state index contributed by atoms with van der Waals surface area (Å²) >= 11 is 0. The molecule has 1 aromatic rings. The molecule has 1 unspecified atom stereocenters. The minimum absolute atomic E-state index is 0.227. The monoisotopic (exact) mass is 224 g/mol. The van der Waals surface area contributed by atoms with Gasteiger partial charge in [-0.15, -0.1) is 0 Å². The first kappa shape index (κ1) is 10.9. The fraction of sp³-hybridized carbons (Fsp3) is 0.500. The van der Waals surface area contributed by atoms with E-state index in [0.29, 0.717) is 0 Å². The zero-order valence-corrected chi connectivity index (χ0v) is 9.82. The van der Waals surface area contributed by atoms with Crippen LogP contribution in [-0.2, 0) is 9.09 Å². The summed E-state index contributed by atoms with van der Waals surface area (Å²) in [4.78, 5) is 0. The molecule has 1 aliphatic carbocycles. The predicted molar refractivity (Wildman–Crippen MR) is 63.0 cm³/mol. The van der Waals surface area contributed by atoms with E-state index in [1.165, 1.54) is 19.3 Å². The Morgan fingerprint density at radius 3 is 2.40 bits per heavy atom. The molecule has 0 aliphatic heterocycles. The maximum Gasteiger partial charge on any atom is 0.220 e. The Hall–Kier alpha value is -0.590. The van der Waals surface area contributed by atoms with E-state index < -0.39 is 8.03 Å². The Labute approximate surface area is 91.5 Å². The van der Waals surface area contributed by atoms with Crippen molar-refractivity contribution in [1.82, 2.24) is 0 Å². The topological polar surface area (TPSA) is 26.3 Å². The summed E-state index contributed by atoms with van der Waals surface area (Å²) in [6.07, 6.45) is 6.10. The summed E-state index contributed by atoms with van der Waals surface area (Å²) in [6.45, 7) is 0. The lowest BCUT2D eigenvalue weighted by Crippen LogP contribution is -2.14. The second-order valence-corrected chi connectivity index (χ2v) is 5.42. The molecular formula is C12H17O2P. The van der Waals surface area contributed by atoms with Crippen LogP contribution in [0, 0.1) is 0 Å². The van der Waals surface area contributed by atoms with Crippen LogP contribution in [0.25, 0.3) is 0 Å². The van der Waals surface area contributed by atoms with Crippen LogP contribution in [0.15, 0.2) is 30.3 Å². The Morgan fingerprint density at radius 2 is 1.73 bits per heavy atom. The lowest BCUT2D eigenvalue weighted by atomic mass is 9.98. The van der Waals surface area contributed by atoms with E-state index in [4.69, 9.17) is 4.52 Å². The molecule has 3 heteroatoms. The molecule has 82 valence electrons. The molecule has 1 fully saturated rings. The van der Waals surface area contributed by atoms with Crippen molar-refractivity contribution >= 4 is 13.3 Å². The lowest BCUT2D eigenvalue weighted by Gasteiger charge is -2.21. The van der Waals surface area contributed by atoms with Crippen molar-refractivity contribution in [3.05, 3.63) is 30.3 Å². The highest BCUT2D eigenvalue weighted by Gasteiger charge is 2.16. The molecule has 0 saturated heterocycles. The van der Waals surface area contributed by atoms with Gasteiger partial charge in [-0.3, -0.25) is 4.57 Å². The summed E-state index contributed by atoms with van der Waals surface area (Å²) in [6, 6.07) is 9.50. The molecule has 15 heavy (non-hydrogen) atoms. The van der Waals surface area contributed by atoms with Gasteiger partial charge in [-0.2, -0.15) is 0 Å². The maximum absolute atomic E-state index is 11.9. The van der Waals surface area contributed by atoms with Crippen LogP contribution in [0.2, 0.25) is 0 Å². The van der Waals surface area contributed by atoms with Gasteiger partial charge in [-0.25, -0.2) is 0 Å². The third-order valence-corrected chi connectivity index (χ3v) is 4.19. The van der Waals surface area contributed by atoms with E-state index in [1.807, 2.05) is 30.3 Å². The molecule has 1 saturated carbocycles. The van der Waals surface area contributed by atoms with Crippen molar-refractivity contribution in [2.24, 2.45) is 0 Å². The molecule has 1 atom stereocenters. The first-order valence-corrected chi connectivity index (χ1v) is 6.94. The molecule has 0 N–H and O–H groups in total. The van der Waals surface area contributed by atoms with E-state index in [1.54, 1.807) is 0 Å². The average molecular weight is 224 g/mol. The van der Waals surface area contributed by atoms with Crippen LogP contribution in [0.1, 0.15) is 32.1 Å². The van der Waals surface area contributed by atoms with Crippen molar-refractivity contribution in [1.29, 1.82) is 0 Å². The number of rotatable bonds is 3. The minimum Gasteiger partial charge on any atom is -0.324 e. The highest BCUT2D eigenvalue weighted by molar-refractivity contribution is 7.48. The Balaban J connectivity index is 1.91. The third-order valence-electron chi connectivity index (χ3n) is 2.84. The van der Waals surface area contributed by atoms with Crippen LogP contribution in [-0.4, -0.2) is 6.10 Å². The standard InChI is InChI=1S/C12H17O2P/c13-15(12-9-5-2-6-10-12)14-11-7-3-1-4-8-11/h2,5-6,9-11,15H,1,3-4,7-8H2. The molecule has 1 aromatic carbocycles. The van der Waals surface area contributed by atoms with Crippen LogP contribution >= 0.6 is 8.03 Å². The van der Waals surface area contributed by atoms with Gasteiger partial charge in [-0.05, 0) is 25.0 Å². The van der Waals surface area contributed by atoms with Gasteiger partial charge in [0.25, 0.3) is 0 Å². The van der Waals surface area contributed by atoms with Gasteiger partial charge in [-0.1, -0.05) is 37.5 Å². The molecule has 2 nitrogen and oxygen atoms in total. The second kappa shape index (κ2) is 5.48. The Kier molecular flexibility index (Phi) is 3.99. The highest BCUT2D eigenvalue weighted by Crippen LogP contribution is 2.30. The fourth-order valence-electron chi connectivity index (χ4n) is 1.98. The van der Waals surface area contributed by atoms with Gasteiger partial charge >= 0.3 is 0 Å². The third kappa shape index (κ3) is 3.19. The molecular weight excluding hydrogens is 207 g/mol. The van der Waals surface area contributed by atoms with Crippen molar-refractivity contribution in [3.63, 3.8) is 0 Å². The van der Waals surface area contributed by atoms with Crippen LogP contribution < -0.4 is 5.30 Å². The van der Waals surface area contributed by atoms with Crippen LogP contribution in [0.4, 0.5) is 0 Å². The van der Waals surface area contributed by atoms with E-state index in [2.05, 4.69) is 0 Å². The fourth-order valence-corrected chi connectivity index (χ4v) is 3.12. The zero-order chi connectivity index (χ0) is 10.5. The molecule has 0 amide bonds. The summed E-state index contributed by atoms with van der Waals surface area (Å²) < 4.78 is 17.5. The van der Waals surface area contributed by atoms with Crippen molar-refractivity contribution in [2.75, 3.05) is 0 Å². The summed E-state index contributed by atoms with van der Waals surface area (Å²) in [5.41, 5.74) is 0. The summed E-state index contributed by atoms with van der Waals surface area (Å²) in [5.74, 6) is 0. The molecule has 0 aromatic heterocycles. The average Bonchev–Trinajstić information content (AvgIpc) is 2.31. The quantitative estimate of drug-likeness (QED) is 0.737. The lowest BCUT2D eigenvalue weighted by molar-refractivity contribution is 0.168. The van der Waals surface area contributed by atoms with Crippen LogP contribution in [0.3, 0.4) is 0 Å². The van der Waals surface area contributed by atoms with Gasteiger partial charge in [0.1, 0.15) is 0 Å². The van der Waals surface area contributed by atoms with Gasteiger partial charge in [0.05, 0.1) is 6.10 Å². The smallest absolute Gasteiger partial charge is 0.220 e. The van der Waals surface area contributed by atoms with Crippen molar-refractivity contribution in [3.8, 4) is 0 Å². The normalized spacial score (nSPS) is 20.0. The van der Waals surface area contributed by atoms with E-state index in [0.717, 1.165) is 18.1 Å². The van der Waals surface area contributed by atoms with Crippen molar-refractivity contribution in [2.45, 2.75) is 38.2 Å². The van der Waals surface area contributed by atoms with Gasteiger partial charge in [0, 0.05) is 5.30 Å². The molecule has 0 heterocycles. The SMILES string of the molecule is O=[PH](OC1CCCCC1)c1ccccc1. The molecule has 0 bridgehead atoms. The summed E-state index contributed by atoms with van der Waals surface area (Å²) in [7, 11) is -2.02. The van der Waals surface area contributed by atoms with Gasteiger partial charge in [0.2, 0.25) is 8.03 Å². The van der Waals surface area contributed by atoms with E-state index >= 15 is 0 Å². The molecule has 2 rings (SSSR count). The second-order valence-electron chi connectivity index (χ2n) is 4.03. The Morgan fingerprint density at radius 1 is 1.07 bits per heavy atom. The maximum atomic E-state index is 11.9. The van der Waals surface area contributed by atoms with Crippen LogP contribution in [0.5, 0.6) is 0 Å². The highest BCUT2D eigenvalue weighted by atomic mass is 31.1. The zero-order valence-electron chi connectivity index (χ0n) is 8.82. The van der Waals surface area contributed by atoms with Crippen molar-refractivity contribution < 1.29 is 9.09 Å².